The van der Waals surface area contributed by atoms with E-state index in [0.717, 1.165) is 0 Å². The van der Waals surface area contributed by atoms with E-state index >= 15 is 0 Å². The molecule has 0 heterocycles. The summed E-state index contributed by atoms with van der Waals surface area (Å²) in [6.07, 6.45) is 1.19. The first-order valence-electron chi connectivity index (χ1n) is 0.744. The van der Waals surface area contributed by atoms with Crippen molar-refractivity contribution in [3.05, 3.63) is 7.05 Å². The van der Waals surface area contributed by atoms with Crippen LogP contribution in [0.3, 0.4) is 0 Å². The maximum absolute atomic E-state index is 8.82. The van der Waals surface area contributed by atoms with Gasteiger partial charge in [-0.05, 0) is 6.08 Å². The first kappa shape index (κ1) is 8.86. The fourth-order valence-electron chi connectivity index (χ4n) is 0. The van der Waals surface area contributed by atoms with E-state index in [1.165, 1.54) is 6.08 Å². The maximum atomic E-state index is 8.82. The van der Waals surface area contributed by atoms with Gasteiger partial charge in [0.25, 0.3) is 0 Å². The van der Waals surface area contributed by atoms with Gasteiger partial charge in [0.15, 0.2) is 0 Å². The molecular weight excluding hydrogens is 246 g/mol. The van der Waals surface area contributed by atoms with Gasteiger partial charge in [-0.25, -0.2) is 0 Å². The first-order chi connectivity index (χ1) is 1.91. The largest absolute Gasteiger partial charge is 0.389 e. The Morgan fingerprint density at radius 3 is 2.00 bits per heavy atom. The number of hydrogen-bond acceptors (Lipinski definition) is 2. The topological polar surface area (TPSA) is 29.4 Å². The quantitative estimate of drug-likeness (QED) is 0.340. The molecule has 0 aromatic rings. The van der Waals surface area contributed by atoms with Gasteiger partial charge in [-0.1, -0.05) is 0 Å². The van der Waals surface area contributed by atoms with Crippen molar-refractivity contribution >= 4 is 6.08 Å². The Hall–Kier alpha value is -0.101. The molecule has 2 nitrogen and oxygen atoms in total. The molecule has 1 radical (unpaired) electrons. The monoisotopic (exact) mass is 249 g/mol. The second-order valence-electron chi connectivity index (χ2n) is 0.249. The van der Waals surface area contributed by atoms with Crippen LogP contribution >= 0.6 is 0 Å². The molecule has 0 aromatic carbocycles. The van der Waals surface area contributed by atoms with Gasteiger partial charge in [0, 0.05) is 20.1 Å². The molecule has 0 atom stereocenters. The van der Waals surface area contributed by atoms with Gasteiger partial charge in [-0.15, -0.1) is 0 Å². The van der Waals surface area contributed by atoms with Gasteiger partial charge in [-0.3, -0.25) is 0 Å². The summed E-state index contributed by atoms with van der Waals surface area (Å²) in [5.74, 6) is 0. The SMILES string of the molecule is [CH2-]N=C=O.[Ir]. The fraction of sp³-hybridized carbons (Fsp3) is 0. The minimum absolute atomic E-state index is 0. The molecule has 0 spiro atoms. The summed E-state index contributed by atoms with van der Waals surface area (Å²) in [7, 11) is 2.81. The predicted molar refractivity (Wildman–Crippen MR) is 13.5 cm³/mol. The van der Waals surface area contributed by atoms with Gasteiger partial charge in [0.1, 0.15) is 0 Å². The number of aliphatic imine (C=N–C) groups is 1. The number of nitrogens with zero attached hydrogens (tertiary/aromatic N) is 1. The average molecular weight is 248 g/mol. The molecule has 0 amide bonds. The predicted octanol–water partition coefficient (Wildman–Crippen LogP) is 0.111. The molecule has 0 saturated carbocycles. The summed E-state index contributed by atoms with van der Waals surface area (Å²) in [6, 6.07) is 0. The Morgan fingerprint density at radius 2 is 2.00 bits per heavy atom. The summed E-state index contributed by atoms with van der Waals surface area (Å²) in [5.41, 5.74) is 0. The molecule has 0 rings (SSSR count). The molecule has 0 aliphatic heterocycles. The van der Waals surface area contributed by atoms with Crippen molar-refractivity contribution in [1.82, 2.24) is 0 Å². The standard InChI is InChI=1S/C2H2NO.Ir/c1-3-2-4;/h1H2;/q-1;. The van der Waals surface area contributed by atoms with Gasteiger partial charge in [0.05, 0.1) is 0 Å². The van der Waals surface area contributed by atoms with Crippen molar-refractivity contribution in [2.45, 2.75) is 0 Å². The van der Waals surface area contributed by atoms with E-state index in [4.69, 9.17) is 4.79 Å². The second-order valence-corrected chi connectivity index (χ2v) is 0.249. The average Bonchev–Trinajstić information content (AvgIpc) is 1.37. The van der Waals surface area contributed by atoms with Crippen LogP contribution in [0.15, 0.2) is 4.99 Å². The Labute approximate surface area is 43.6 Å². The Morgan fingerprint density at radius 1 is 1.80 bits per heavy atom. The summed E-state index contributed by atoms with van der Waals surface area (Å²) >= 11 is 0. The van der Waals surface area contributed by atoms with E-state index in [1.807, 2.05) is 0 Å². The minimum Gasteiger partial charge on any atom is -0.389 e. The molecule has 31 valence electrons. The zero-order valence-corrected chi connectivity index (χ0v) is 4.79. The molecule has 5 heavy (non-hydrogen) atoms. The van der Waals surface area contributed by atoms with Crippen LogP contribution in [0.5, 0.6) is 0 Å². The Balaban J connectivity index is 0. The zero-order chi connectivity index (χ0) is 3.41. The van der Waals surface area contributed by atoms with Crippen LogP contribution in [-0.2, 0) is 24.9 Å². The molecular formula is C2H2IrNO-. The molecule has 0 fully saturated rings. The molecule has 0 saturated heterocycles. The minimum atomic E-state index is 0. The molecule has 0 N–H and O–H groups in total. The molecule has 0 aromatic heterocycles. The number of hydrogen-bond donors (Lipinski definition) is 0. The van der Waals surface area contributed by atoms with Crippen molar-refractivity contribution in [3.8, 4) is 0 Å². The smallest absolute Gasteiger partial charge is 0 e. The van der Waals surface area contributed by atoms with Crippen molar-refractivity contribution in [1.29, 1.82) is 0 Å². The van der Waals surface area contributed by atoms with Gasteiger partial charge >= 0.3 is 0 Å². The number of rotatable bonds is 0. The third-order valence-corrected chi connectivity index (χ3v) is 0.0645. The van der Waals surface area contributed by atoms with Crippen LogP contribution < -0.4 is 0 Å². The summed E-state index contributed by atoms with van der Waals surface area (Å²) in [5, 5.41) is 0. The van der Waals surface area contributed by atoms with Crippen LogP contribution in [-0.4, -0.2) is 6.08 Å². The van der Waals surface area contributed by atoms with Crippen LogP contribution in [0.2, 0.25) is 0 Å². The molecule has 0 bridgehead atoms. The van der Waals surface area contributed by atoms with Crippen LogP contribution in [0, 0.1) is 7.05 Å². The number of isocyanates is 1. The third-order valence-electron chi connectivity index (χ3n) is 0.0645. The van der Waals surface area contributed by atoms with Gasteiger partial charge < -0.3 is 9.79 Å². The first-order valence-corrected chi connectivity index (χ1v) is 0.744. The van der Waals surface area contributed by atoms with E-state index < -0.39 is 0 Å². The van der Waals surface area contributed by atoms with Crippen molar-refractivity contribution in [2.75, 3.05) is 0 Å². The summed E-state index contributed by atoms with van der Waals surface area (Å²) in [4.78, 5) is 11.5. The van der Waals surface area contributed by atoms with Crippen LogP contribution in [0.4, 0.5) is 0 Å². The molecule has 0 unspecified atom stereocenters. The van der Waals surface area contributed by atoms with Crippen LogP contribution in [0.1, 0.15) is 0 Å². The third kappa shape index (κ3) is 17.4. The van der Waals surface area contributed by atoms with Crippen molar-refractivity contribution < 1.29 is 24.9 Å². The second kappa shape index (κ2) is 9.09. The van der Waals surface area contributed by atoms with E-state index in [-0.39, 0.29) is 20.1 Å². The van der Waals surface area contributed by atoms with Gasteiger partial charge in [-0.2, -0.15) is 7.05 Å². The number of carbonyl (C=O) groups excluding carboxylic acids is 1. The molecule has 0 aliphatic rings. The molecule has 0 aliphatic carbocycles. The van der Waals surface area contributed by atoms with E-state index in [1.54, 1.807) is 0 Å². The van der Waals surface area contributed by atoms with Crippen molar-refractivity contribution in [2.24, 2.45) is 4.99 Å². The summed E-state index contributed by atoms with van der Waals surface area (Å²) < 4.78 is 0. The summed E-state index contributed by atoms with van der Waals surface area (Å²) in [6.45, 7) is 0. The van der Waals surface area contributed by atoms with Crippen LogP contribution in [0.25, 0.3) is 0 Å². The zero-order valence-electron chi connectivity index (χ0n) is 2.40. The Bertz CT molecular complexity index is 47.6. The maximum Gasteiger partial charge on any atom is 0 e. The molecule has 3 heteroatoms. The fourth-order valence-corrected chi connectivity index (χ4v) is 0. The van der Waals surface area contributed by atoms with E-state index in [9.17, 15) is 0 Å². The van der Waals surface area contributed by atoms with Gasteiger partial charge in [0.2, 0.25) is 0 Å². The normalized spacial score (nSPS) is 3.20. The van der Waals surface area contributed by atoms with E-state index in [2.05, 4.69) is 12.0 Å². The van der Waals surface area contributed by atoms with E-state index in [0.29, 0.717) is 0 Å². The Kier molecular flexibility index (Phi) is 16.1. The van der Waals surface area contributed by atoms with Crippen molar-refractivity contribution in [3.63, 3.8) is 0 Å².